The van der Waals surface area contributed by atoms with Crippen LogP contribution in [-0.2, 0) is 17.9 Å². The molecule has 0 unspecified atom stereocenters. The summed E-state index contributed by atoms with van der Waals surface area (Å²) < 4.78 is 0. The van der Waals surface area contributed by atoms with Crippen molar-refractivity contribution in [1.29, 1.82) is 0 Å². The third-order valence-electron chi connectivity index (χ3n) is 4.24. The first kappa shape index (κ1) is 39.1. The van der Waals surface area contributed by atoms with Crippen LogP contribution in [0, 0.1) is 0 Å². The van der Waals surface area contributed by atoms with Crippen LogP contribution in [0.4, 0.5) is 0 Å². The second-order valence-electron chi connectivity index (χ2n) is 6.38. The number of nitrogens with zero attached hydrogens (tertiary/aromatic N) is 1. The molecule has 0 saturated carbocycles. The number of rotatable bonds is 10. The maximum Gasteiger partial charge on any atom is 1.00 e. The summed E-state index contributed by atoms with van der Waals surface area (Å²) in [5.74, 6) is -6.08. The van der Waals surface area contributed by atoms with Crippen molar-refractivity contribution in [2.24, 2.45) is 0 Å². The van der Waals surface area contributed by atoms with Crippen LogP contribution in [-0.4, -0.2) is 35.3 Å². The Kier molecular flexibility index (Phi) is 21.6. The van der Waals surface area contributed by atoms with Crippen LogP contribution in [0.5, 0.6) is 0 Å². The summed E-state index contributed by atoms with van der Waals surface area (Å²) in [5, 5.41) is 44.2. The minimum Gasteiger partial charge on any atom is -0.550 e. The third-order valence-corrected chi connectivity index (χ3v) is 4.60. The van der Waals surface area contributed by atoms with Crippen LogP contribution in [0.3, 0.4) is 0 Å². The number of aliphatic carboxylic acids is 1. The predicted molar refractivity (Wildman–Crippen MR) is 94.6 cm³/mol. The van der Waals surface area contributed by atoms with Crippen molar-refractivity contribution in [3.63, 3.8) is 0 Å². The van der Waals surface area contributed by atoms with Gasteiger partial charge < -0.3 is 39.6 Å². The Morgan fingerprint density at radius 1 is 0.735 bits per heavy atom. The molecule has 2 aromatic carbocycles. The molecule has 0 amide bonds. The third kappa shape index (κ3) is 12.2. The van der Waals surface area contributed by atoms with Gasteiger partial charge in [-0.05, 0) is 35.2 Å². The summed E-state index contributed by atoms with van der Waals surface area (Å²) in [6, 6.07) is 7.47. The molecule has 0 fully saturated rings. The fraction of sp³-hybridized carbons (Fsp3) is 0.200. The summed E-state index contributed by atoms with van der Waals surface area (Å²) >= 11 is 6.10. The zero-order chi connectivity index (χ0) is 22.4. The van der Waals surface area contributed by atoms with Crippen LogP contribution >= 0.6 is 11.6 Å². The summed E-state index contributed by atoms with van der Waals surface area (Å²) in [5.41, 5.74) is -0.363. The molecule has 0 aliphatic heterocycles. The second-order valence-corrected chi connectivity index (χ2v) is 6.79. The van der Waals surface area contributed by atoms with Crippen LogP contribution in [0.15, 0.2) is 36.4 Å². The normalized spacial score (nSPS) is 9.47. The first-order valence-corrected chi connectivity index (χ1v) is 8.94. The Morgan fingerprint density at radius 2 is 1.32 bits per heavy atom. The number of carbonyl (C=O) groups is 4. The van der Waals surface area contributed by atoms with E-state index in [0.717, 1.165) is 12.1 Å². The Morgan fingerprint density at radius 3 is 1.79 bits per heavy atom. The maximum absolute atomic E-state index is 11.2. The molecular formula is C20H14ClNNa4O8. The molecule has 0 atom stereocenters. The average Bonchev–Trinajstić information content (AvgIpc) is 2.67. The number of aromatic carboxylic acids is 3. The molecule has 2 aromatic rings. The number of halogens is 1. The molecule has 0 radical (unpaired) electrons. The van der Waals surface area contributed by atoms with Gasteiger partial charge in [0.25, 0.3) is 0 Å². The van der Waals surface area contributed by atoms with Crippen molar-refractivity contribution in [2.45, 2.75) is 19.5 Å². The van der Waals surface area contributed by atoms with E-state index in [9.17, 15) is 39.6 Å². The largest absolute Gasteiger partial charge is 1.00 e. The van der Waals surface area contributed by atoms with Gasteiger partial charge >= 0.3 is 118 Å². The maximum atomic E-state index is 11.2. The van der Waals surface area contributed by atoms with Gasteiger partial charge in [-0.15, -0.1) is 0 Å². The molecule has 0 spiro atoms. The smallest absolute Gasteiger partial charge is 0.550 e. The van der Waals surface area contributed by atoms with Gasteiger partial charge in [-0.1, -0.05) is 35.9 Å². The van der Waals surface area contributed by atoms with Gasteiger partial charge in [0.05, 0.1) is 17.9 Å². The fourth-order valence-corrected chi connectivity index (χ4v) is 3.04. The van der Waals surface area contributed by atoms with Crippen molar-refractivity contribution in [3.8, 4) is 0 Å². The zero-order valence-corrected chi connectivity index (χ0v) is 28.1. The fourth-order valence-electron chi connectivity index (χ4n) is 2.80. The topological polar surface area (TPSA) is 164 Å². The van der Waals surface area contributed by atoms with Crippen molar-refractivity contribution in [3.05, 3.63) is 69.2 Å². The van der Waals surface area contributed by atoms with Gasteiger partial charge in [-0.25, -0.2) is 0 Å². The quantitative estimate of drug-likeness (QED) is 0.275. The summed E-state index contributed by atoms with van der Waals surface area (Å²) in [6.45, 7) is 0.144. The molecule has 0 aliphatic rings. The van der Waals surface area contributed by atoms with E-state index >= 15 is 0 Å². The standard InChI is InChI=1S/C20H18ClNO8.4Na/c21-16-8-12(18(25)26)2-3-13(16)10-22(6-5-17(23)24)9-11-1-4-14(19(27)28)15(7-11)20(29)30;;;;/h1-4,7-8H,5-6,9-10H2,(H,23,24)(H,25,26)(H,27,28)(H,29,30);;;;/q;4*+1/p-4. The Hall–Kier alpha value is 0.570. The molecule has 0 heterocycles. The van der Waals surface area contributed by atoms with E-state index in [1.807, 2.05) is 0 Å². The minimum absolute atomic E-state index is 0. The number of carboxylic acids is 4. The van der Waals surface area contributed by atoms with E-state index in [-0.39, 0.29) is 155 Å². The van der Waals surface area contributed by atoms with Crippen molar-refractivity contribution in [1.82, 2.24) is 4.90 Å². The summed E-state index contributed by atoms with van der Waals surface area (Å²) in [6.07, 6.45) is -0.334. The molecule has 9 nitrogen and oxygen atoms in total. The van der Waals surface area contributed by atoms with Crippen molar-refractivity contribution in [2.75, 3.05) is 6.54 Å². The SMILES string of the molecule is O=C([O-])CCN(Cc1ccc(C(=O)[O-])c(C(=O)[O-])c1)Cc1ccc(C(=O)[O-])cc1Cl.[Na+].[Na+].[Na+].[Na+]. The molecule has 0 bridgehead atoms. The molecule has 0 aliphatic carbocycles. The van der Waals surface area contributed by atoms with Crippen LogP contribution < -0.4 is 139 Å². The van der Waals surface area contributed by atoms with E-state index in [2.05, 4.69) is 0 Å². The number of hydrogen-bond acceptors (Lipinski definition) is 9. The number of carboxylic acid groups (broad SMARTS) is 4. The Bertz CT molecular complexity index is 1020. The van der Waals surface area contributed by atoms with E-state index in [4.69, 9.17) is 11.6 Å². The molecule has 14 heteroatoms. The van der Waals surface area contributed by atoms with Gasteiger partial charge in [0.2, 0.25) is 0 Å². The summed E-state index contributed by atoms with van der Waals surface area (Å²) in [7, 11) is 0. The molecule has 158 valence electrons. The first-order valence-electron chi connectivity index (χ1n) is 8.56. The van der Waals surface area contributed by atoms with Crippen LogP contribution in [0.2, 0.25) is 5.02 Å². The predicted octanol–water partition coefficient (Wildman–Crippen LogP) is -14.4. The zero-order valence-electron chi connectivity index (χ0n) is 19.4. The molecule has 0 saturated heterocycles. The van der Waals surface area contributed by atoms with E-state index in [0.29, 0.717) is 11.1 Å². The first-order chi connectivity index (χ1) is 14.1. The second kappa shape index (κ2) is 18.8. The Balaban J connectivity index is -0.00000240. The van der Waals surface area contributed by atoms with E-state index < -0.39 is 35.0 Å². The number of carbonyl (C=O) groups excluding carboxylic acids is 4. The van der Waals surface area contributed by atoms with Gasteiger partial charge in [0.1, 0.15) is 0 Å². The summed E-state index contributed by atoms with van der Waals surface area (Å²) in [4.78, 5) is 45.7. The van der Waals surface area contributed by atoms with Gasteiger partial charge in [-0.2, -0.15) is 0 Å². The van der Waals surface area contributed by atoms with E-state index in [1.165, 1.54) is 24.3 Å². The molecule has 0 aromatic heterocycles. The average molecular weight is 524 g/mol. The number of benzene rings is 2. The van der Waals surface area contributed by atoms with Gasteiger partial charge in [0, 0.05) is 41.8 Å². The van der Waals surface area contributed by atoms with Gasteiger partial charge in [-0.3, -0.25) is 4.90 Å². The van der Waals surface area contributed by atoms with Crippen molar-refractivity contribution >= 4 is 35.5 Å². The van der Waals surface area contributed by atoms with Crippen molar-refractivity contribution < 1.29 is 158 Å². The minimum atomic E-state index is -1.70. The monoisotopic (exact) mass is 523 g/mol. The number of hydrogen-bond donors (Lipinski definition) is 0. The van der Waals surface area contributed by atoms with Crippen LogP contribution in [0.1, 0.15) is 48.6 Å². The van der Waals surface area contributed by atoms with E-state index in [1.54, 1.807) is 4.90 Å². The van der Waals surface area contributed by atoms with Crippen LogP contribution in [0.25, 0.3) is 0 Å². The van der Waals surface area contributed by atoms with Gasteiger partial charge in [0.15, 0.2) is 0 Å². The molecule has 2 rings (SSSR count). The molecule has 0 N–H and O–H groups in total. The Labute approximate surface area is 289 Å². The molecular weight excluding hydrogens is 510 g/mol. The molecule has 34 heavy (non-hydrogen) atoms.